The molecule has 4 amide bonds. The zero-order chi connectivity index (χ0) is 48.7. The number of rotatable bonds is 17. The molecule has 10 rings (SSSR count). The van der Waals surface area contributed by atoms with Gasteiger partial charge in [0.1, 0.15) is 25.3 Å². The second-order valence-corrected chi connectivity index (χ2v) is 18.2. The quantitative estimate of drug-likeness (QED) is 0.0609. The van der Waals surface area contributed by atoms with E-state index >= 15 is 0 Å². The first kappa shape index (κ1) is 46.4. The number of benzene rings is 8. The summed E-state index contributed by atoms with van der Waals surface area (Å²) in [4.78, 5) is 55.8. The van der Waals surface area contributed by atoms with Gasteiger partial charge in [-0.3, -0.25) is 9.59 Å². The third-order valence-corrected chi connectivity index (χ3v) is 13.9. The highest BCUT2D eigenvalue weighted by Crippen LogP contribution is 2.45. The van der Waals surface area contributed by atoms with Crippen molar-refractivity contribution in [2.45, 2.75) is 49.2 Å². The summed E-state index contributed by atoms with van der Waals surface area (Å²) in [7, 11) is 0. The third-order valence-electron chi connectivity index (χ3n) is 13.9. The Morgan fingerprint density at radius 3 is 1.27 bits per heavy atom. The summed E-state index contributed by atoms with van der Waals surface area (Å²) in [5.41, 5.74) is 10.4. The summed E-state index contributed by atoms with van der Waals surface area (Å²) in [6, 6.07) is 56.8. The molecule has 71 heavy (non-hydrogen) atoms. The van der Waals surface area contributed by atoms with Crippen molar-refractivity contribution < 1.29 is 33.8 Å². The summed E-state index contributed by atoms with van der Waals surface area (Å²) in [6.45, 7) is -0.238. The molecular weight excluding hydrogens is 889 g/mol. The van der Waals surface area contributed by atoms with E-state index in [0.717, 1.165) is 77.2 Å². The number of aliphatic hydroxyl groups is 1. The number of carbonyl (C=O) groups excluding carboxylic acids is 4. The van der Waals surface area contributed by atoms with Crippen LogP contribution < -0.4 is 21.3 Å². The Labute approximate surface area is 412 Å². The van der Waals surface area contributed by atoms with Crippen LogP contribution in [0.2, 0.25) is 0 Å². The van der Waals surface area contributed by atoms with Gasteiger partial charge in [0.2, 0.25) is 11.8 Å². The SMILES string of the molecule is O=C(NC(Cc1cccc2ccccc12)C(=O)NCCC(CO)NC(=O)C(Cc1cccc2ccccc12)NC(=O)OCC1c2ccccc2-c2ccccc21)OCC1c2ccccc2-c2ccccc21. The monoisotopic (exact) mass is 942 g/mol. The average Bonchev–Trinajstić information content (AvgIpc) is 3.91. The Morgan fingerprint density at radius 1 is 0.451 bits per heavy atom. The van der Waals surface area contributed by atoms with Crippen molar-refractivity contribution >= 4 is 45.5 Å². The molecule has 0 spiro atoms. The number of aliphatic hydroxyl groups excluding tert-OH is 1. The van der Waals surface area contributed by atoms with Crippen molar-refractivity contribution in [2.75, 3.05) is 26.4 Å². The Hall–Kier alpha value is -8.28. The van der Waals surface area contributed by atoms with Gasteiger partial charge in [-0.25, -0.2) is 9.59 Å². The molecule has 8 aromatic rings. The Balaban J connectivity index is 0.807. The summed E-state index contributed by atoms with van der Waals surface area (Å²) in [6.07, 6.45) is -1.01. The minimum Gasteiger partial charge on any atom is -0.449 e. The molecular formula is C60H54N4O7. The van der Waals surface area contributed by atoms with Crippen LogP contribution in [-0.4, -0.2) is 73.6 Å². The van der Waals surface area contributed by atoms with Crippen molar-refractivity contribution in [3.63, 3.8) is 0 Å². The largest absolute Gasteiger partial charge is 0.449 e. The molecule has 0 heterocycles. The van der Waals surface area contributed by atoms with E-state index in [1.54, 1.807) is 0 Å². The number of nitrogens with one attached hydrogen (secondary N) is 4. The molecule has 0 aromatic heterocycles. The first-order chi connectivity index (χ1) is 34.8. The fourth-order valence-corrected chi connectivity index (χ4v) is 10.4. The summed E-state index contributed by atoms with van der Waals surface area (Å²) in [5, 5.41) is 26.0. The van der Waals surface area contributed by atoms with E-state index in [1.807, 2.05) is 158 Å². The van der Waals surface area contributed by atoms with Crippen molar-refractivity contribution in [3.8, 4) is 22.3 Å². The molecule has 3 atom stereocenters. The highest BCUT2D eigenvalue weighted by Gasteiger charge is 2.32. The van der Waals surface area contributed by atoms with Crippen LogP contribution in [0.15, 0.2) is 182 Å². The zero-order valence-corrected chi connectivity index (χ0v) is 39.1. The molecule has 0 aliphatic heterocycles. The lowest BCUT2D eigenvalue weighted by Gasteiger charge is -2.24. The van der Waals surface area contributed by atoms with Crippen molar-refractivity contribution in [1.82, 2.24) is 21.3 Å². The number of hydrogen-bond acceptors (Lipinski definition) is 7. The van der Waals surface area contributed by atoms with Crippen LogP contribution in [0, 0.1) is 0 Å². The molecule has 5 N–H and O–H groups in total. The second-order valence-electron chi connectivity index (χ2n) is 18.2. The first-order valence-electron chi connectivity index (χ1n) is 24.2. The molecule has 0 saturated heterocycles. The maximum absolute atomic E-state index is 14.3. The molecule has 0 saturated carbocycles. The van der Waals surface area contributed by atoms with Gasteiger partial charge < -0.3 is 35.8 Å². The topological polar surface area (TPSA) is 155 Å². The molecule has 0 fully saturated rings. The minimum atomic E-state index is -1.08. The highest BCUT2D eigenvalue weighted by molar-refractivity contribution is 5.91. The molecule has 0 radical (unpaired) electrons. The molecule has 2 aliphatic carbocycles. The van der Waals surface area contributed by atoms with Crippen LogP contribution in [-0.2, 0) is 31.9 Å². The molecule has 0 bridgehead atoms. The van der Waals surface area contributed by atoms with Gasteiger partial charge >= 0.3 is 12.2 Å². The van der Waals surface area contributed by atoms with E-state index in [0.29, 0.717) is 0 Å². The van der Waals surface area contributed by atoms with E-state index < -0.39 is 48.7 Å². The Bertz CT molecular complexity index is 3160. The molecule has 8 aromatic carbocycles. The second kappa shape index (κ2) is 21.2. The van der Waals surface area contributed by atoms with E-state index in [4.69, 9.17) is 9.47 Å². The predicted octanol–water partition coefficient (Wildman–Crippen LogP) is 9.58. The van der Waals surface area contributed by atoms with E-state index in [1.165, 1.54) is 0 Å². The predicted molar refractivity (Wildman–Crippen MR) is 276 cm³/mol. The summed E-state index contributed by atoms with van der Waals surface area (Å²) in [5.74, 6) is -1.32. The lowest BCUT2D eigenvalue weighted by atomic mass is 9.98. The van der Waals surface area contributed by atoms with Gasteiger partial charge in [-0.15, -0.1) is 0 Å². The number of fused-ring (bicyclic) bond motifs is 8. The number of amides is 4. The van der Waals surface area contributed by atoms with Gasteiger partial charge in [0.05, 0.1) is 12.6 Å². The van der Waals surface area contributed by atoms with E-state index in [9.17, 15) is 24.3 Å². The fraction of sp³-hybridized carbons (Fsp3) is 0.200. The van der Waals surface area contributed by atoms with Crippen LogP contribution >= 0.6 is 0 Å². The van der Waals surface area contributed by atoms with Gasteiger partial charge in [-0.1, -0.05) is 182 Å². The number of hydrogen-bond donors (Lipinski definition) is 5. The maximum atomic E-state index is 14.3. The average molecular weight is 943 g/mol. The fourth-order valence-electron chi connectivity index (χ4n) is 10.4. The van der Waals surface area contributed by atoms with E-state index in [-0.39, 0.29) is 50.9 Å². The number of carbonyl (C=O) groups is 4. The highest BCUT2D eigenvalue weighted by atomic mass is 16.6. The van der Waals surface area contributed by atoms with Crippen LogP contribution in [0.3, 0.4) is 0 Å². The minimum absolute atomic E-state index is 0.0521. The maximum Gasteiger partial charge on any atom is 0.407 e. The normalized spacial score (nSPS) is 13.8. The van der Waals surface area contributed by atoms with E-state index in [2.05, 4.69) is 45.5 Å². The summed E-state index contributed by atoms with van der Waals surface area (Å²) >= 11 is 0. The van der Waals surface area contributed by atoms with Gasteiger partial charge in [0.15, 0.2) is 0 Å². The van der Waals surface area contributed by atoms with Crippen molar-refractivity contribution in [3.05, 3.63) is 215 Å². The number of ether oxygens (including phenoxy) is 2. The van der Waals surface area contributed by atoms with Crippen molar-refractivity contribution in [2.24, 2.45) is 0 Å². The molecule has 11 heteroatoms. The lowest BCUT2D eigenvalue weighted by Crippen LogP contribution is -2.53. The number of alkyl carbamates (subject to hydrolysis) is 2. The van der Waals surface area contributed by atoms with Crippen molar-refractivity contribution in [1.29, 1.82) is 0 Å². The molecule has 11 nitrogen and oxygen atoms in total. The van der Waals surface area contributed by atoms with Crippen LogP contribution in [0.1, 0.15) is 51.6 Å². The van der Waals surface area contributed by atoms with Crippen LogP contribution in [0.25, 0.3) is 43.8 Å². The molecule has 3 unspecified atom stereocenters. The molecule has 2 aliphatic rings. The Morgan fingerprint density at radius 2 is 0.831 bits per heavy atom. The zero-order valence-electron chi connectivity index (χ0n) is 39.1. The first-order valence-corrected chi connectivity index (χ1v) is 24.2. The van der Waals surface area contributed by atoms with Gasteiger partial charge in [0, 0.05) is 31.2 Å². The summed E-state index contributed by atoms with van der Waals surface area (Å²) < 4.78 is 11.8. The third kappa shape index (κ3) is 10.1. The molecule has 356 valence electrons. The van der Waals surface area contributed by atoms with Gasteiger partial charge in [0.25, 0.3) is 0 Å². The van der Waals surface area contributed by atoms with Gasteiger partial charge in [-0.05, 0) is 83.6 Å². The lowest BCUT2D eigenvalue weighted by molar-refractivity contribution is -0.124. The standard InChI is InChI=1S/C60H54N4O7/c65-35-42(62-58(67)56(34-41-20-14-18-39-16-2-4-22-44(39)41)64-60(69)71-37-54-51-29-11-7-25-47(51)48-26-8-12-30-52(48)54)31-32-61-57(66)55(33-40-19-13-17-38-15-1-3-21-43(38)40)63-59(68)70-36-53-49-27-9-5-23-45(49)46-24-6-10-28-50(46)53/h1-30,42,53-56,65H,31-37H2,(H,61,66)(H,62,67)(H,63,68)(H,64,69). The van der Waals surface area contributed by atoms with Gasteiger partial charge in [-0.2, -0.15) is 0 Å². The Kier molecular flexibility index (Phi) is 13.8. The smallest absolute Gasteiger partial charge is 0.407 e. The van der Waals surface area contributed by atoms with Crippen LogP contribution in [0.5, 0.6) is 0 Å². The van der Waals surface area contributed by atoms with Crippen LogP contribution in [0.4, 0.5) is 9.59 Å².